The van der Waals surface area contributed by atoms with Crippen LogP contribution >= 0.6 is 11.6 Å². The summed E-state index contributed by atoms with van der Waals surface area (Å²) in [5.74, 6) is 0.577. The van der Waals surface area contributed by atoms with Gasteiger partial charge in [0.25, 0.3) is 0 Å². The molecule has 2 aliphatic heterocycles. The number of anilines is 1. The SMILES string of the molecule is CNC(=O)[C@@]12CCC3(CCN(C(=O)Nc4ccc(Cl)cc4)CC3)[C@@H]1CN(C)C2. The number of urea groups is 1. The summed E-state index contributed by atoms with van der Waals surface area (Å²) in [6.07, 6.45) is 3.99. The molecule has 0 aromatic heterocycles. The fourth-order valence-electron chi connectivity index (χ4n) is 5.90. The van der Waals surface area contributed by atoms with Crippen molar-refractivity contribution in [3.8, 4) is 0 Å². The molecule has 3 amide bonds. The molecular formula is C21H29ClN4O2. The number of carbonyl (C=O) groups is 2. The van der Waals surface area contributed by atoms with Gasteiger partial charge < -0.3 is 20.4 Å². The molecule has 28 heavy (non-hydrogen) atoms. The monoisotopic (exact) mass is 404 g/mol. The number of nitrogens with zero attached hydrogens (tertiary/aromatic N) is 2. The summed E-state index contributed by atoms with van der Waals surface area (Å²) < 4.78 is 0. The molecule has 2 atom stereocenters. The molecule has 6 nitrogen and oxygen atoms in total. The second-order valence-electron chi connectivity index (χ2n) is 8.77. The van der Waals surface area contributed by atoms with Crippen LogP contribution in [0.15, 0.2) is 24.3 Å². The van der Waals surface area contributed by atoms with Crippen molar-refractivity contribution in [3.63, 3.8) is 0 Å². The molecule has 2 N–H and O–H groups in total. The van der Waals surface area contributed by atoms with Crippen molar-refractivity contribution in [2.24, 2.45) is 16.7 Å². The van der Waals surface area contributed by atoms with Gasteiger partial charge in [-0.1, -0.05) is 11.6 Å². The van der Waals surface area contributed by atoms with Gasteiger partial charge >= 0.3 is 6.03 Å². The lowest BCUT2D eigenvalue weighted by Crippen LogP contribution is -2.50. The van der Waals surface area contributed by atoms with Gasteiger partial charge in [-0.3, -0.25) is 4.79 Å². The molecule has 3 aliphatic rings. The maximum absolute atomic E-state index is 12.8. The third-order valence-electron chi connectivity index (χ3n) is 7.34. The smallest absolute Gasteiger partial charge is 0.321 e. The molecule has 0 unspecified atom stereocenters. The van der Waals surface area contributed by atoms with E-state index < -0.39 is 0 Å². The third kappa shape index (κ3) is 3.16. The highest BCUT2D eigenvalue weighted by molar-refractivity contribution is 6.30. The zero-order chi connectivity index (χ0) is 19.9. The van der Waals surface area contributed by atoms with Gasteiger partial charge in [0, 0.05) is 43.9 Å². The van der Waals surface area contributed by atoms with Crippen LogP contribution in [0.2, 0.25) is 5.02 Å². The van der Waals surface area contributed by atoms with E-state index in [9.17, 15) is 9.59 Å². The van der Waals surface area contributed by atoms with Gasteiger partial charge in [-0.05, 0) is 68.3 Å². The zero-order valence-corrected chi connectivity index (χ0v) is 17.4. The van der Waals surface area contributed by atoms with E-state index >= 15 is 0 Å². The second kappa shape index (κ2) is 7.23. The quantitative estimate of drug-likeness (QED) is 0.796. The molecule has 7 heteroatoms. The summed E-state index contributed by atoms with van der Waals surface area (Å²) >= 11 is 5.91. The molecule has 1 spiro atoms. The number of likely N-dealkylation sites (tertiary alicyclic amines) is 2. The first-order chi connectivity index (χ1) is 13.4. The van der Waals surface area contributed by atoms with Crippen LogP contribution in [0, 0.1) is 16.7 Å². The Balaban J connectivity index is 1.43. The minimum Gasteiger partial charge on any atom is -0.359 e. The summed E-state index contributed by atoms with van der Waals surface area (Å²) in [5, 5.41) is 6.54. The van der Waals surface area contributed by atoms with Crippen molar-refractivity contribution in [1.82, 2.24) is 15.1 Å². The van der Waals surface area contributed by atoms with Crippen LogP contribution in [0.25, 0.3) is 0 Å². The van der Waals surface area contributed by atoms with Gasteiger partial charge in [0.15, 0.2) is 0 Å². The van der Waals surface area contributed by atoms with Crippen molar-refractivity contribution in [3.05, 3.63) is 29.3 Å². The van der Waals surface area contributed by atoms with E-state index in [-0.39, 0.29) is 22.8 Å². The number of rotatable bonds is 2. The largest absolute Gasteiger partial charge is 0.359 e. The van der Waals surface area contributed by atoms with Gasteiger partial charge in [0.2, 0.25) is 5.91 Å². The molecule has 0 radical (unpaired) electrons. The zero-order valence-electron chi connectivity index (χ0n) is 16.6. The number of piperidine rings is 1. The van der Waals surface area contributed by atoms with Gasteiger partial charge in [-0.2, -0.15) is 0 Å². The van der Waals surface area contributed by atoms with Crippen LogP contribution in [-0.2, 0) is 4.79 Å². The van der Waals surface area contributed by atoms with Crippen molar-refractivity contribution in [2.45, 2.75) is 25.7 Å². The molecule has 4 rings (SSSR count). The number of benzene rings is 1. The van der Waals surface area contributed by atoms with Crippen LogP contribution < -0.4 is 10.6 Å². The highest BCUT2D eigenvalue weighted by Gasteiger charge is 2.63. The highest BCUT2D eigenvalue weighted by atomic mass is 35.5. The number of hydrogen-bond donors (Lipinski definition) is 2. The average Bonchev–Trinajstić information content (AvgIpc) is 3.19. The van der Waals surface area contributed by atoms with Gasteiger partial charge in [0.05, 0.1) is 5.41 Å². The van der Waals surface area contributed by atoms with E-state index in [0.717, 1.165) is 57.5 Å². The predicted molar refractivity (Wildman–Crippen MR) is 110 cm³/mol. The van der Waals surface area contributed by atoms with Crippen LogP contribution in [0.5, 0.6) is 0 Å². The minimum atomic E-state index is -0.253. The molecule has 1 aliphatic carbocycles. The summed E-state index contributed by atoms with van der Waals surface area (Å²) in [6, 6.07) is 7.12. The fourth-order valence-corrected chi connectivity index (χ4v) is 6.03. The Labute approximate surface area is 171 Å². The maximum Gasteiger partial charge on any atom is 0.321 e. The first-order valence-corrected chi connectivity index (χ1v) is 10.5. The molecule has 2 heterocycles. The van der Waals surface area contributed by atoms with Crippen molar-refractivity contribution in [1.29, 1.82) is 0 Å². The molecule has 2 saturated heterocycles. The third-order valence-corrected chi connectivity index (χ3v) is 7.59. The summed E-state index contributed by atoms with van der Waals surface area (Å²) in [4.78, 5) is 29.6. The molecule has 0 bridgehead atoms. The Morgan fingerprint density at radius 3 is 2.43 bits per heavy atom. The topological polar surface area (TPSA) is 64.7 Å². The van der Waals surface area contributed by atoms with Gasteiger partial charge in [0.1, 0.15) is 0 Å². The Hall–Kier alpha value is -1.79. The van der Waals surface area contributed by atoms with E-state index in [1.54, 1.807) is 19.2 Å². The normalized spacial score (nSPS) is 29.0. The van der Waals surface area contributed by atoms with Gasteiger partial charge in [-0.25, -0.2) is 4.79 Å². The lowest BCUT2D eigenvalue weighted by atomic mass is 9.65. The van der Waals surface area contributed by atoms with E-state index in [2.05, 4.69) is 22.6 Å². The molecule has 1 saturated carbocycles. The second-order valence-corrected chi connectivity index (χ2v) is 9.21. The van der Waals surface area contributed by atoms with Crippen LogP contribution in [0.4, 0.5) is 10.5 Å². The Bertz CT molecular complexity index is 760. The van der Waals surface area contributed by atoms with E-state index in [1.165, 1.54) is 0 Å². The average molecular weight is 405 g/mol. The first kappa shape index (κ1) is 19.5. The number of fused-ring (bicyclic) bond motifs is 2. The molecule has 1 aromatic carbocycles. The Kier molecular flexibility index (Phi) is 5.04. The van der Waals surface area contributed by atoms with Crippen molar-refractivity contribution in [2.75, 3.05) is 45.6 Å². The highest BCUT2D eigenvalue weighted by Crippen LogP contribution is 2.61. The lowest BCUT2D eigenvalue weighted by molar-refractivity contribution is -0.132. The van der Waals surface area contributed by atoms with Crippen molar-refractivity contribution >= 4 is 29.2 Å². The lowest BCUT2D eigenvalue weighted by Gasteiger charge is -2.44. The van der Waals surface area contributed by atoms with E-state index in [1.807, 2.05) is 17.0 Å². The van der Waals surface area contributed by atoms with Crippen LogP contribution in [-0.4, -0.2) is 62.0 Å². The van der Waals surface area contributed by atoms with Gasteiger partial charge in [-0.15, -0.1) is 0 Å². The number of halogens is 1. The summed E-state index contributed by atoms with van der Waals surface area (Å²) in [6.45, 7) is 3.30. The predicted octanol–water partition coefficient (Wildman–Crippen LogP) is 3.04. The summed E-state index contributed by atoms with van der Waals surface area (Å²) in [7, 11) is 3.87. The molecule has 3 fully saturated rings. The molecular weight excluding hydrogens is 376 g/mol. The maximum atomic E-state index is 12.8. The standard InChI is InChI=1S/C21H29ClN4O2/c1-23-18(27)21-8-7-20(17(21)13-25(2)14-21)9-11-26(12-10-20)19(28)24-16-5-3-15(22)4-6-16/h3-6,17H,7-14H2,1-2H3,(H,23,27)(H,24,28)/t17-,21+/m0/s1. The van der Waals surface area contributed by atoms with E-state index in [4.69, 9.17) is 11.6 Å². The number of carbonyl (C=O) groups excluding carboxylic acids is 2. The number of amides is 3. The minimum absolute atomic E-state index is 0.0590. The van der Waals surface area contributed by atoms with E-state index in [0.29, 0.717) is 10.9 Å². The molecule has 152 valence electrons. The number of nitrogens with one attached hydrogen (secondary N) is 2. The molecule has 1 aromatic rings. The Morgan fingerprint density at radius 2 is 1.79 bits per heavy atom. The Morgan fingerprint density at radius 1 is 1.11 bits per heavy atom. The fraction of sp³-hybridized carbons (Fsp3) is 0.619. The number of hydrogen-bond acceptors (Lipinski definition) is 3. The first-order valence-electron chi connectivity index (χ1n) is 10.1. The van der Waals surface area contributed by atoms with Crippen molar-refractivity contribution < 1.29 is 9.59 Å². The van der Waals surface area contributed by atoms with Crippen LogP contribution in [0.3, 0.4) is 0 Å². The summed E-state index contributed by atoms with van der Waals surface area (Å²) in [5.41, 5.74) is 0.678. The van der Waals surface area contributed by atoms with Crippen LogP contribution in [0.1, 0.15) is 25.7 Å².